The summed E-state index contributed by atoms with van der Waals surface area (Å²) in [5.41, 5.74) is 1.05. The summed E-state index contributed by atoms with van der Waals surface area (Å²) in [6, 6.07) is 9.00. The van der Waals surface area contributed by atoms with Gasteiger partial charge in [-0.3, -0.25) is 0 Å². The molecule has 0 spiro atoms. The van der Waals surface area contributed by atoms with Gasteiger partial charge in [0.15, 0.2) is 11.6 Å². The molecule has 0 N–H and O–H groups in total. The lowest BCUT2D eigenvalue weighted by Gasteiger charge is -2.34. The molecule has 1 aliphatic heterocycles. The number of sulfonamides is 1. The molecule has 4 rings (SSSR count). The van der Waals surface area contributed by atoms with Crippen molar-refractivity contribution in [3.05, 3.63) is 30.3 Å². The highest BCUT2D eigenvalue weighted by Gasteiger charge is 2.31. The number of piperazine rings is 1. The minimum Gasteiger partial charge on any atom is -0.356 e. The quantitative estimate of drug-likeness (QED) is 0.581. The third-order valence-corrected chi connectivity index (χ3v) is 7.63. The molecule has 1 saturated heterocycles. The first-order chi connectivity index (χ1) is 14.0. The Hall–Kier alpha value is -2.37. The summed E-state index contributed by atoms with van der Waals surface area (Å²) in [6.07, 6.45) is 0. The van der Waals surface area contributed by atoms with Crippen LogP contribution in [0.3, 0.4) is 0 Å². The van der Waals surface area contributed by atoms with E-state index in [2.05, 4.69) is 42.6 Å². The number of benzene rings is 1. The van der Waals surface area contributed by atoms with Crippen molar-refractivity contribution >= 4 is 44.4 Å². The van der Waals surface area contributed by atoms with Crippen LogP contribution in [0.5, 0.6) is 0 Å². The number of nitrogens with zero attached hydrogens (tertiary/aromatic N) is 7. The summed E-state index contributed by atoms with van der Waals surface area (Å²) >= 11 is 1.02. The number of rotatable bonds is 6. The van der Waals surface area contributed by atoms with E-state index in [0.29, 0.717) is 37.2 Å². The minimum absolute atomic E-state index is 0.223. The van der Waals surface area contributed by atoms with Crippen LogP contribution in [0, 0.1) is 0 Å². The molecule has 0 bridgehead atoms. The highest BCUT2D eigenvalue weighted by atomic mass is 32.2. The summed E-state index contributed by atoms with van der Waals surface area (Å²) in [6.45, 7) is 7.81. The zero-order valence-electron chi connectivity index (χ0n) is 16.4. The van der Waals surface area contributed by atoms with Gasteiger partial charge in [0.1, 0.15) is 15.9 Å². The van der Waals surface area contributed by atoms with Gasteiger partial charge in [0.2, 0.25) is 10.0 Å². The second-order valence-corrected chi connectivity index (χ2v) is 9.14. The molecule has 154 valence electrons. The molecule has 0 atom stereocenters. The van der Waals surface area contributed by atoms with E-state index in [0.717, 1.165) is 36.5 Å². The molecule has 11 heteroatoms. The highest BCUT2D eigenvalue weighted by Crippen LogP contribution is 2.26. The van der Waals surface area contributed by atoms with E-state index >= 15 is 0 Å². The molecule has 3 heterocycles. The molecule has 0 amide bonds. The Morgan fingerprint density at radius 1 is 1.00 bits per heavy atom. The Labute approximate surface area is 174 Å². The van der Waals surface area contributed by atoms with E-state index in [4.69, 9.17) is 0 Å². The van der Waals surface area contributed by atoms with Crippen molar-refractivity contribution in [2.45, 2.75) is 18.7 Å². The molecule has 0 saturated carbocycles. The SMILES string of the molecule is CCN(CC)c1ccc(N2CCN(S(=O)(=O)c3cccc4nsnc34)CC2)nn1. The first-order valence-electron chi connectivity index (χ1n) is 9.59. The first kappa shape index (κ1) is 19.9. The van der Waals surface area contributed by atoms with Gasteiger partial charge in [-0.1, -0.05) is 6.07 Å². The van der Waals surface area contributed by atoms with Crippen LogP contribution >= 0.6 is 11.7 Å². The van der Waals surface area contributed by atoms with Crippen molar-refractivity contribution in [3.63, 3.8) is 0 Å². The standard InChI is InChI=1S/C18H23N7O2S2/c1-3-23(4-2)16-8-9-17(20-19-16)24-10-12-25(13-11-24)29(26,27)15-7-5-6-14-18(15)22-28-21-14/h5-9H,3-4,10-13H2,1-2H3. The number of aromatic nitrogens is 4. The molecule has 2 aromatic heterocycles. The summed E-state index contributed by atoms with van der Waals surface area (Å²) in [4.78, 5) is 4.42. The number of fused-ring (bicyclic) bond motifs is 1. The monoisotopic (exact) mass is 433 g/mol. The smallest absolute Gasteiger partial charge is 0.245 e. The molecule has 3 aromatic rings. The van der Waals surface area contributed by atoms with Gasteiger partial charge >= 0.3 is 0 Å². The van der Waals surface area contributed by atoms with Crippen LogP contribution in [0.2, 0.25) is 0 Å². The normalized spacial score (nSPS) is 15.7. The van der Waals surface area contributed by atoms with Crippen LogP contribution < -0.4 is 9.80 Å². The average molecular weight is 434 g/mol. The molecule has 9 nitrogen and oxygen atoms in total. The van der Waals surface area contributed by atoms with Gasteiger partial charge in [-0.15, -0.1) is 10.2 Å². The van der Waals surface area contributed by atoms with Crippen LogP contribution in [0.4, 0.5) is 11.6 Å². The Kier molecular flexibility index (Phi) is 5.61. The Morgan fingerprint density at radius 2 is 1.76 bits per heavy atom. The van der Waals surface area contributed by atoms with E-state index in [-0.39, 0.29) is 4.90 Å². The molecule has 0 aliphatic carbocycles. The second-order valence-electron chi connectivity index (χ2n) is 6.70. The fraction of sp³-hybridized carbons (Fsp3) is 0.444. The van der Waals surface area contributed by atoms with E-state index in [1.807, 2.05) is 12.1 Å². The van der Waals surface area contributed by atoms with Gasteiger partial charge < -0.3 is 9.80 Å². The lowest BCUT2D eigenvalue weighted by molar-refractivity contribution is 0.384. The largest absolute Gasteiger partial charge is 0.356 e. The maximum Gasteiger partial charge on any atom is 0.245 e. The topological polar surface area (TPSA) is 95.4 Å². The van der Waals surface area contributed by atoms with Gasteiger partial charge in [-0.25, -0.2) is 8.42 Å². The number of hydrogen-bond acceptors (Lipinski definition) is 9. The predicted molar refractivity (Wildman–Crippen MR) is 114 cm³/mol. The summed E-state index contributed by atoms with van der Waals surface area (Å²) in [5.74, 6) is 1.62. The molecular weight excluding hydrogens is 410 g/mol. The van der Waals surface area contributed by atoms with Crippen LogP contribution in [-0.4, -0.2) is 70.9 Å². The lowest BCUT2D eigenvalue weighted by Crippen LogP contribution is -2.49. The van der Waals surface area contributed by atoms with Gasteiger partial charge in [-0.05, 0) is 38.1 Å². The minimum atomic E-state index is -3.62. The third kappa shape index (κ3) is 3.77. The Balaban J connectivity index is 1.47. The number of hydrogen-bond donors (Lipinski definition) is 0. The molecule has 1 fully saturated rings. The van der Waals surface area contributed by atoms with Crippen molar-refractivity contribution in [1.29, 1.82) is 0 Å². The molecule has 29 heavy (non-hydrogen) atoms. The maximum absolute atomic E-state index is 13.1. The van der Waals surface area contributed by atoms with E-state index in [9.17, 15) is 8.42 Å². The number of anilines is 2. The van der Waals surface area contributed by atoms with Crippen molar-refractivity contribution in [2.24, 2.45) is 0 Å². The van der Waals surface area contributed by atoms with Crippen LogP contribution in [0.1, 0.15) is 13.8 Å². The third-order valence-electron chi connectivity index (χ3n) is 5.15. The molecule has 0 unspecified atom stereocenters. The molecule has 1 aromatic carbocycles. The average Bonchev–Trinajstić information content (AvgIpc) is 3.24. The summed E-state index contributed by atoms with van der Waals surface area (Å²) in [5, 5.41) is 8.68. The fourth-order valence-electron chi connectivity index (χ4n) is 3.49. The van der Waals surface area contributed by atoms with Crippen molar-refractivity contribution in [1.82, 2.24) is 23.2 Å². The Bertz CT molecular complexity index is 1070. The molecular formula is C18H23N7O2S2. The van der Waals surface area contributed by atoms with Crippen LogP contribution in [0.25, 0.3) is 11.0 Å². The van der Waals surface area contributed by atoms with Gasteiger partial charge in [0.25, 0.3) is 0 Å². The molecule has 1 aliphatic rings. The zero-order chi connectivity index (χ0) is 20.4. The van der Waals surface area contributed by atoms with Gasteiger partial charge in [0.05, 0.1) is 11.7 Å². The van der Waals surface area contributed by atoms with Crippen molar-refractivity contribution in [2.75, 3.05) is 49.1 Å². The highest BCUT2D eigenvalue weighted by molar-refractivity contribution is 7.89. The van der Waals surface area contributed by atoms with Crippen LogP contribution in [0.15, 0.2) is 35.2 Å². The van der Waals surface area contributed by atoms with Crippen molar-refractivity contribution in [3.8, 4) is 0 Å². The van der Waals surface area contributed by atoms with E-state index in [1.165, 1.54) is 4.31 Å². The first-order valence-corrected chi connectivity index (χ1v) is 11.8. The van der Waals surface area contributed by atoms with E-state index < -0.39 is 10.0 Å². The maximum atomic E-state index is 13.1. The zero-order valence-corrected chi connectivity index (χ0v) is 18.0. The van der Waals surface area contributed by atoms with E-state index in [1.54, 1.807) is 18.2 Å². The predicted octanol–water partition coefficient (Wildman–Crippen LogP) is 1.84. The summed E-state index contributed by atoms with van der Waals surface area (Å²) < 4.78 is 36.1. The van der Waals surface area contributed by atoms with Crippen molar-refractivity contribution < 1.29 is 8.42 Å². The second kappa shape index (κ2) is 8.17. The summed E-state index contributed by atoms with van der Waals surface area (Å²) in [7, 11) is -3.62. The van der Waals surface area contributed by atoms with Crippen LogP contribution in [-0.2, 0) is 10.0 Å². The fourth-order valence-corrected chi connectivity index (χ4v) is 5.66. The van der Waals surface area contributed by atoms with Gasteiger partial charge in [0, 0.05) is 39.3 Å². The Morgan fingerprint density at radius 3 is 2.41 bits per heavy atom. The lowest BCUT2D eigenvalue weighted by atomic mass is 10.3. The van der Waals surface area contributed by atoms with Gasteiger partial charge in [-0.2, -0.15) is 13.1 Å². The molecule has 0 radical (unpaired) electrons.